The molecule has 0 fully saturated rings. The molecule has 0 aromatic carbocycles. The topological polar surface area (TPSA) is 149 Å². The van der Waals surface area contributed by atoms with E-state index in [4.69, 9.17) is 23.6 Å². The third kappa shape index (κ3) is 46.3. The fraction of sp³-hybridized carbons (Fsp3) is 0.880. The van der Waals surface area contributed by atoms with Crippen LogP contribution in [0.4, 0.5) is 0 Å². The second-order valence-electron chi connectivity index (χ2n) is 17.2. The Kier molecular flexibility index (Phi) is 45.3. The molecule has 1 unspecified atom stereocenters. The number of hydrogen-bond donors (Lipinski definition) is 3. The molecule has 0 heterocycles. The highest BCUT2D eigenvalue weighted by Crippen LogP contribution is 2.43. The van der Waals surface area contributed by atoms with Crippen molar-refractivity contribution in [1.82, 2.24) is 0 Å². The minimum Gasteiger partial charge on any atom is -0.462 e. The zero-order valence-corrected chi connectivity index (χ0v) is 40.3. The van der Waals surface area contributed by atoms with Gasteiger partial charge in [0, 0.05) is 12.8 Å². The number of phosphoric acid groups is 1. The highest BCUT2D eigenvalue weighted by atomic mass is 31.2. The van der Waals surface area contributed by atoms with E-state index in [1.165, 1.54) is 167 Å². The number of ether oxygens (including phenoxy) is 2. The molecule has 0 aliphatic carbocycles. The molecule has 0 saturated carbocycles. The van der Waals surface area contributed by atoms with Gasteiger partial charge in [-0.25, -0.2) is 4.57 Å². The maximum Gasteiger partial charge on any atom is 0.472 e. The van der Waals surface area contributed by atoms with Crippen LogP contribution in [0.3, 0.4) is 0 Å². The van der Waals surface area contributed by atoms with Crippen LogP contribution in [0.15, 0.2) is 24.3 Å². The third-order valence-corrected chi connectivity index (χ3v) is 12.0. The Morgan fingerprint density at radius 2 is 0.803 bits per heavy atom. The van der Waals surface area contributed by atoms with Gasteiger partial charge >= 0.3 is 19.8 Å². The normalized spacial score (nSPS) is 13.9. The third-order valence-electron chi connectivity index (χ3n) is 11.1. The van der Waals surface area contributed by atoms with Crippen LogP contribution in [0.5, 0.6) is 0 Å². The second kappa shape index (κ2) is 46.4. The van der Waals surface area contributed by atoms with Gasteiger partial charge in [0.05, 0.1) is 19.8 Å². The van der Waals surface area contributed by atoms with Gasteiger partial charge in [0.1, 0.15) is 12.7 Å². The lowest BCUT2D eigenvalue weighted by Crippen LogP contribution is -2.29. The van der Waals surface area contributed by atoms with E-state index in [0.29, 0.717) is 12.8 Å². The predicted octanol–water partition coefficient (Wildman–Crippen LogP) is 14.1. The number of aliphatic hydroxyl groups is 2. The standard InChI is InChI=1S/C50H95O10P/c1-3-5-7-9-11-13-15-17-19-21-22-23-24-26-28-30-32-34-36-38-40-42-50(54)60-48(46-59-61(55,56)58-44-47(52)43-51)45-57-49(53)41-39-37-35-33-31-29-27-25-20-18-16-14-12-10-8-6-4-2/h14,16-17,19,47-48,51-52H,3-13,15,18,20-46H2,1-2H3,(H,55,56)/b16-14+,19-17+/t47-,48+/m0/s1. The summed E-state index contributed by atoms with van der Waals surface area (Å²) in [4.78, 5) is 35.2. The summed E-state index contributed by atoms with van der Waals surface area (Å²) in [6.45, 7) is 2.41. The Hall–Kier alpha value is -1.55. The molecule has 3 N–H and O–H groups in total. The van der Waals surface area contributed by atoms with Crippen molar-refractivity contribution in [3.63, 3.8) is 0 Å². The number of phosphoric ester groups is 1. The van der Waals surface area contributed by atoms with E-state index in [1.807, 2.05) is 0 Å². The van der Waals surface area contributed by atoms with Crippen molar-refractivity contribution in [2.75, 3.05) is 26.4 Å². The van der Waals surface area contributed by atoms with E-state index in [2.05, 4.69) is 38.2 Å². The molecule has 0 rings (SSSR count). The molecule has 0 spiro atoms. The van der Waals surface area contributed by atoms with Crippen molar-refractivity contribution in [1.29, 1.82) is 0 Å². The highest BCUT2D eigenvalue weighted by molar-refractivity contribution is 7.47. The number of rotatable bonds is 48. The van der Waals surface area contributed by atoms with Crippen LogP contribution in [0.2, 0.25) is 0 Å². The Bertz CT molecular complexity index is 1070. The fourth-order valence-electron chi connectivity index (χ4n) is 7.16. The Labute approximate surface area is 374 Å². The molecule has 0 aromatic heterocycles. The summed E-state index contributed by atoms with van der Waals surface area (Å²) < 4.78 is 32.9. The molecule has 3 atom stereocenters. The van der Waals surface area contributed by atoms with Crippen molar-refractivity contribution in [2.45, 2.75) is 257 Å². The Morgan fingerprint density at radius 1 is 0.475 bits per heavy atom. The van der Waals surface area contributed by atoms with Crippen LogP contribution in [0.25, 0.3) is 0 Å². The van der Waals surface area contributed by atoms with Crippen molar-refractivity contribution >= 4 is 19.8 Å². The molecular weight excluding hydrogens is 792 g/mol. The average Bonchev–Trinajstić information content (AvgIpc) is 3.25. The summed E-state index contributed by atoms with van der Waals surface area (Å²) >= 11 is 0. The largest absolute Gasteiger partial charge is 0.472 e. The molecule has 0 aromatic rings. The molecule has 0 aliphatic rings. The van der Waals surface area contributed by atoms with Crippen LogP contribution >= 0.6 is 7.82 Å². The lowest BCUT2D eigenvalue weighted by molar-refractivity contribution is -0.161. The molecule has 10 nitrogen and oxygen atoms in total. The molecule has 61 heavy (non-hydrogen) atoms. The maximum absolute atomic E-state index is 12.7. The summed E-state index contributed by atoms with van der Waals surface area (Å²) in [5.74, 6) is -0.917. The van der Waals surface area contributed by atoms with E-state index in [9.17, 15) is 24.2 Å². The molecule has 0 saturated heterocycles. The van der Waals surface area contributed by atoms with Crippen LogP contribution in [0, 0.1) is 0 Å². The van der Waals surface area contributed by atoms with Gasteiger partial charge in [-0.2, -0.15) is 0 Å². The fourth-order valence-corrected chi connectivity index (χ4v) is 7.95. The highest BCUT2D eigenvalue weighted by Gasteiger charge is 2.27. The first-order chi connectivity index (χ1) is 29.7. The van der Waals surface area contributed by atoms with Crippen LogP contribution in [-0.4, -0.2) is 65.7 Å². The number of esters is 2. The summed E-state index contributed by atoms with van der Waals surface area (Å²) in [5, 5.41) is 18.4. The summed E-state index contributed by atoms with van der Waals surface area (Å²) in [6, 6.07) is 0. The zero-order chi connectivity index (χ0) is 44.8. The van der Waals surface area contributed by atoms with Crippen molar-refractivity contribution in [3.05, 3.63) is 24.3 Å². The second-order valence-corrected chi connectivity index (χ2v) is 18.6. The molecule has 0 aliphatic heterocycles. The predicted molar refractivity (Wildman–Crippen MR) is 252 cm³/mol. The van der Waals surface area contributed by atoms with Gasteiger partial charge < -0.3 is 24.6 Å². The van der Waals surface area contributed by atoms with E-state index < -0.39 is 51.8 Å². The number of hydrogen-bond acceptors (Lipinski definition) is 9. The van der Waals surface area contributed by atoms with Gasteiger partial charge in [-0.1, -0.05) is 192 Å². The zero-order valence-electron chi connectivity index (χ0n) is 39.4. The number of allylic oxidation sites excluding steroid dienone is 4. The Balaban J connectivity index is 4.17. The molecule has 360 valence electrons. The van der Waals surface area contributed by atoms with Crippen molar-refractivity contribution < 1.29 is 47.8 Å². The number of aliphatic hydroxyl groups excluding tert-OH is 2. The van der Waals surface area contributed by atoms with Crippen LogP contribution in [-0.2, 0) is 32.7 Å². The minimum absolute atomic E-state index is 0.186. The van der Waals surface area contributed by atoms with Gasteiger partial charge in [0.15, 0.2) is 6.10 Å². The Morgan fingerprint density at radius 3 is 1.20 bits per heavy atom. The first-order valence-electron chi connectivity index (χ1n) is 25.3. The van der Waals surface area contributed by atoms with E-state index in [0.717, 1.165) is 38.5 Å². The molecule has 0 bridgehead atoms. The van der Waals surface area contributed by atoms with Gasteiger partial charge in [-0.05, 0) is 64.2 Å². The smallest absolute Gasteiger partial charge is 0.462 e. The average molecular weight is 887 g/mol. The van der Waals surface area contributed by atoms with E-state index >= 15 is 0 Å². The van der Waals surface area contributed by atoms with Gasteiger partial charge in [-0.3, -0.25) is 18.6 Å². The number of carbonyl (C=O) groups excluding carboxylic acids is 2. The van der Waals surface area contributed by atoms with Crippen LogP contribution in [0.1, 0.15) is 245 Å². The SMILES string of the molecule is CCCCCC/C=C/CCCCCCCCCCCC(=O)OC[C@H](COP(=O)(O)OC[C@@H](O)CO)OC(=O)CCCCCCCCCCCCC/C=C/CCCCCCCC. The summed E-state index contributed by atoms with van der Waals surface area (Å²) in [7, 11) is -4.62. The summed E-state index contributed by atoms with van der Waals surface area (Å²) in [5.41, 5.74) is 0. The quantitative estimate of drug-likeness (QED) is 0.0233. The molecule has 11 heteroatoms. The summed E-state index contributed by atoms with van der Waals surface area (Å²) in [6.07, 6.45) is 48.5. The number of unbranched alkanes of at least 4 members (excludes halogenated alkanes) is 30. The first kappa shape index (κ1) is 59.5. The molecule has 0 radical (unpaired) electrons. The monoisotopic (exact) mass is 887 g/mol. The lowest BCUT2D eigenvalue weighted by Gasteiger charge is -2.20. The van der Waals surface area contributed by atoms with Crippen molar-refractivity contribution in [3.8, 4) is 0 Å². The van der Waals surface area contributed by atoms with Crippen LogP contribution < -0.4 is 0 Å². The van der Waals surface area contributed by atoms with Gasteiger partial charge in [0.25, 0.3) is 0 Å². The maximum atomic E-state index is 12.7. The van der Waals surface area contributed by atoms with E-state index in [-0.39, 0.29) is 19.4 Å². The molecular formula is C50H95O10P. The van der Waals surface area contributed by atoms with Crippen molar-refractivity contribution in [2.24, 2.45) is 0 Å². The first-order valence-corrected chi connectivity index (χ1v) is 26.8. The molecule has 0 amide bonds. The number of carbonyl (C=O) groups is 2. The minimum atomic E-state index is -4.62. The van der Waals surface area contributed by atoms with E-state index in [1.54, 1.807) is 0 Å². The lowest BCUT2D eigenvalue weighted by atomic mass is 10.0. The van der Waals surface area contributed by atoms with Gasteiger partial charge in [0.2, 0.25) is 0 Å². The van der Waals surface area contributed by atoms with Gasteiger partial charge in [-0.15, -0.1) is 0 Å².